The van der Waals surface area contributed by atoms with E-state index in [4.69, 9.17) is 4.74 Å². The first-order valence-electron chi connectivity index (χ1n) is 7.78. The molecule has 1 unspecified atom stereocenters. The van der Waals surface area contributed by atoms with E-state index >= 15 is 0 Å². The van der Waals surface area contributed by atoms with Gasteiger partial charge in [0, 0.05) is 19.1 Å². The molecule has 1 heterocycles. The number of nitrogens with zero attached hydrogens (tertiary/aromatic N) is 1. The van der Waals surface area contributed by atoms with E-state index in [1.54, 1.807) is 26.0 Å². The van der Waals surface area contributed by atoms with E-state index in [1.165, 1.54) is 4.31 Å². The number of sulfonamides is 2. The second-order valence-corrected chi connectivity index (χ2v) is 9.79. The van der Waals surface area contributed by atoms with Crippen LogP contribution in [0.2, 0.25) is 0 Å². The molecule has 0 saturated carbocycles. The maximum absolute atomic E-state index is 12.4. The molecular formula is C15H24N2O5S2. The zero-order valence-electron chi connectivity index (χ0n) is 14.1. The van der Waals surface area contributed by atoms with E-state index < -0.39 is 20.0 Å². The molecule has 0 aromatic heterocycles. The standard InChI is InChI=1S/C15H24N2O5S2/c1-12-4-5-13(2)15(10-12)24(20,21)16-6-9-23(18,19)17-7-8-22-11-14(17)3/h4-5,10,14,16H,6-9,11H2,1-3H3. The van der Waals surface area contributed by atoms with Crippen molar-refractivity contribution in [3.8, 4) is 0 Å². The van der Waals surface area contributed by atoms with Gasteiger partial charge in [0.15, 0.2) is 0 Å². The van der Waals surface area contributed by atoms with Gasteiger partial charge in [-0.3, -0.25) is 0 Å². The first-order chi connectivity index (χ1) is 11.1. The van der Waals surface area contributed by atoms with Gasteiger partial charge in [0.2, 0.25) is 20.0 Å². The molecule has 0 aliphatic carbocycles. The second-order valence-electron chi connectivity index (χ2n) is 6.02. The lowest BCUT2D eigenvalue weighted by Crippen LogP contribution is -2.49. The molecule has 1 N–H and O–H groups in total. The van der Waals surface area contributed by atoms with Gasteiger partial charge >= 0.3 is 0 Å². The van der Waals surface area contributed by atoms with Crippen LogP contribution in [0.4, 0.5) is 0 Å². The minimum absolute atomic E-state index is 0.165. The van der Waals surface area contributed by atoms with E-state index in [0.717, 1.165) is 5.56 Å². The highest BCUT2D eigenvalue weighted by molar-refractivity contribution is 7.90. The maximum atomic E-state index is 12.4. The van der Waals surface area contributed by atoms with E-state index in [0.29, 0.717) is 25.3 Å². The SMILES string of the molecule is Cc1ccc(C)c(S(=O)(=O)NCCS(=O)(=O)N2CCOCC2C)c1. The van der Waals surface area contributed by atoms with Gasteiger partial charge in [-0.2, -0.15) is 4.31 Å². The summed E-state index contributed by atoms with van der Waals surface area (Å²) in [4.78, 5) is 0.180. The molecule has 7 nitrogen and oxygen atoms in total. The third-order valence-electron chi connectivity index (χ3n) is 3.95. The van der Waals surface area contributed by atoms with Crippen LogP contribution < -0.4 is 4.72 Å². The van der Waals surface area contributed by atoms with Crippen LogP contribution in [0.3, 0.4) is 0 Å². The van der Waals surface area contributed by atoms with Crippen LogP contribution in [-0.2, 0) is 24.8 Å². The van der Waals surface area contributed by atoms with Gasteiger partial charge in [0.05, 0.1) is 23.9 Å². The Morgan fingerprint density at radius 1 is 1.25 bits per heavy atom. The smallest absolute Gasteiger partial charge is 0.240 e. The minimum atomic E-state index is -3.74. The normalized spacial score (nSPS) is 20.2. The Balaban J connectivity index is 2.03. The molecule has 1 aromatic rings. The maximum Gasteiger partial charge on any atom is 0.240 e. The zero-order chi connectivity index (χ0) is 18.0. The topological polar surface area (TPSA) is 92.8 Å². The van der Waals surface area contributed by atoms with Crippen molar-refractivity contribution in [1.82, 2.24) is 9.03 Å². The molecule has 1 saturated heterocycles. The van der Waals surface area contributed by atoms with Crippen LogP contribution in [0.5, 0.6) is 0 Å². The molecular weight excluding hydrogens is 352 g/mol. The Morgan fingerprint density at radius 3 is 2.62 bits per heavy atom. The van der Waals surface area contributed by atoms with Gasteiger partial charge in [-0.05, 0) is 38.0 Å². The van der Waals surface area contributed by atoms with Crippen LogP contribution >= 0.6 is 0 Å². The molecule has 1 aliphatic heterocycles. The van der Waals surface area contributed by atoms with Crippen molar-refractivity contribution in [2.75, 3.05) is 32.1 Å². The van der Waals surface area contributed by atoms with Gasteiger partial charge < -0.3 is 4.74 Å². The summed E-state index contributed by atoms with van der Waals surface area (Å²) in [7, 11) is -7.27. The minimum Gasteiger partial charge on any atom is -0.378 e. The molecule has 136 valence electrons. The van der Waals surface area contributed by atoms with Crippen LogP contribution in [0.1, 0.15) is 18.1 Å². The highest BCUT2D eigenvalue weighted by Gasteiger charge is 2.30. The van der Waals surface area contributed by atoms with Gasteiger partial charge in [0.25, 0.3) is 0 Å². The molecule has 0 spiro atoms. The lowest BCUT2D eigenvalue weighted by molar-refractivity contribution is 0.0393. The Bertz CT molecular complexity index is 790. The zero-order valence-corrected chi connectivity index (χ0v) is 15.8. The van der Waals surface area contributed by atoms with Gasteiger partial charge in [-0.1, -0.05) is 12.1 Å². The molecule has 0 amide bonds. The average molecular weight is 377 g/mol. The summed E-state index contributed by atoms with van der Waals surface area (Å²) < 4.78 is 58.5. The van der Waals surface area contributed by atoms with Gasteiger partial charge in [-0.25, -0.2) is 21.6 Å². The summed E-state index contributed by atoms with van der Waals surface area (Å²) in [6.07, 6.45) is 0. The van der Waals surface area contributed by atoms with Crippen molar-refractivity contribution in [3.63, 3.8) is 0 Å². The van der Waals surface area contributed by atoms with Crippen LogP contribution in [-0.4, -0.2) is 59.2 Å². The Kier molecular flexibility index (Phi) is 6.03. The van der Waals surface area contributed by atoms with Crippen molar-refractivity contribution in [2.24, 2.45) is 0 Å². The predicted molar refractivity (Wildman–Crippen MR) is 91.9 cm³/mol. The van der Waals surface area contributed by atoms with E-state index in [2.05, 4.69) is 4.72 Å². The average Bonchev–Trinajstić information content (AvgIpc) is 2.49. The molecule has 2 rings (SSSR count). The highest BCUT2D eigenvalue weighted by Crippen LogP contribution is 2.17. The summed E-state index contributed by atoms with van der Waals surface area (Å²) in [5.41, 5.74) is 1.45. The molecule has 1 aliphatic rings. The molecule has 9 heteroatoms. The monoisotopic (exact) mass is 376 g/mol. The second kappa shape index (κ2) is 7.49. The fraction of sp³-hybridized carbons (Fsp3) is 0.600. The highest BCUT2D eigenvalue weighted by atomic mass is 32.2. The Labute approximate surface area is 144 Å². The number of nitrogens with one attached hydrogen (secondary N) is 1. The van der Waals surface area contributed by atoms with Gasteiger partial charge in [0.1, 0.15) is 0 Å². The molecule has 1 fully saturated rings. The Morgan fingerprint density at radius 2 is 1.96 bits per heavy atom. The summed E-state index contributed by atoms with van der Waals surface area (Å²) in [6, 6.07) is 4.91. The summed E-state index contributed by atoms with van der Waals surface area (Å²) in [5, 5.41) is 0. The van der Waals surface area contributed by atoms with Crippen molar-refractivity contribution >= 4 is 20.0 Å². The first-order valence-corrected chi connectivity index (χ1v) is 10.9. The third-order valence-corrected chi connectivity index (χ3v) is 7.53. The van der Waals surface area contributed by atoms with E-state index in [1.807, 2.05) is 13.0 Å². The number of benzene rings is 1. The van der Waals surface area contributed by atoms with Crippen molar-refractivity contribution in [1.29, 1.82) is 0 Å². The fourth-order valence-corrected chi connectivity index (χ4v) is 5.67. The van der Waals surface area contributed by atoms with Crippen molar-refractivity contribution < 1.29 is 21.6 Å². The number of aryl methyl sites for hydroxylation is 2. The van der Waals surface area contributed by atoms with Gasteiger partial charge in [-0.15, -0.1) is 0 Å². The Hall–Kier alpha value is -1.00. The lowest BCUT2D eigenvalue weighted by atomic mass is 10.2. The van der Waals surface area contributed by atoms with E-state index in [9.17, 15) is 16.8 Å². The number of hydrogen-bond donors (Lipinski definition) is 1. The fourth-order valence-electron chi connectivity index (χ4n) is 2.62. The van der Waals surface area contributed by atoms with Crippen molar-refractivity contribution in [2.45, 2.75) is 31.7 Å². The molecule has 0 bridgehead atoms. The first kappa shape index (κ1) is 19.3. The predicted octanol–water partition coefficient (Wildman–Crippen LogP) is 0.632. The third kappa shape index (κ3) is 4.54. The largest absolute Gasteiger partial charge is 0.378 e. The van der Waals surface area contributed by atoms with Crippen LogP contribution in [0.15, 0.2) is 23.1 Å². The number of hydrogen-bond acceptors (Lipinski definition) is 5. The summed E-state index contributed by atoms with van der Waals surface area (Å²) >= 11 is 0. The summed E-state index contributed by atoms with van der Waals surface area (Å²) in [6.45, 7) is 6.14. The summed E-state index contributed by atoms with van der Waals surface area (Å²) in [5.74, 6) is -0.276. The molecule has 1 aromatic carbocycles. The number of ether oxygens (including phenoxy) is 1. The molecule has 1 atom stereocenters. The van der Waals surface area contributed by atoms with Crippen LogP contribution in [0.25, 0.3) is 0 Å². The lowest BCUT2D eigenvalue weighted by Gasteiger charge is -2.32. The molecule has 0 radical (unpaired) electrons. The van der Waals surface area contributed by atoms with Crippen molar-refractivity contribution in [3.05, 3.63) is 29.3 Å². The van der Waals surface area contributed by atoms with E-state index in [-0.39, 0.29) is 23.2 Å². The quantitative estimate of drug-likeness (QED) is 0.786. The number of rotatable bonds is 6. The number of morpholine rings is 1. The van der Waals surface area contributed by atoms with Crippen LogP contribution in [0, 0.1) is 13.8 Å². The molecule has 24 heavy (non-hydrogen) atoms.